The number of hydrogen-bond acceptors (Lipinski definition) is 2. The molecule has 0 aliphatic heterocycles. The minimum atomic E-state index is -4.38. The normalized spacial score (nSPS) is 11.6. The summed E-state index contributed by atoms with van der Waals surface area (Å²) >= 11 is 0. The van der Waals surface area contributed by atoms with E-state index in [4.69, 9.17) is 5.11 Å². The molecule has 0 spiro atoms. The number of carboxylic acid groups (broad SMARTS) is 1. The molecular formula is C6H5F3N2O2. The van der Waals surface area contributed by atoms with Gasteiger partial charge in [-0.15, -0.1) is 0 Å². The molecule has 1 aromatic rings. The molecule has 0 bridgehead atoms. The summed E-state index contributed by atoms with van der Waals surface area (Å²) in [6.45, 7) is 0. The predicted molar refractivity (Wildman–Crippen MR) is 35.3 cm³/mol. The number of carboxylic acids is 1. The lowest BCUT2D eigenvalue weighted by Crippen LogP contribution is -2.12. The Balaban J connectivity index is 2.75. The summed E-state index contributed by atoms with van der Waals surface area (Å²) in [5.41, 5.74) is -0.348. The van der Waals surface area contributed by atoms with Gasteiger partial charge in [-0.25, -0.2) is 9.78 Å². The van der Waals surface area contributed by atoms with Crippen LogP contribution in [0.5, 0.6) is 0 Å². The summed E-state index contributed by atoms with van der Waals surface area (Å²) < 4.78 is 35.2. The maximum absolute atomic E-state index is 11.7. The van der Waals surface area contributed by atoms with Gasteiger partial charge in [-0.2, -0.15) is 13.2 Å². The highest BCUT2D eigenvalue weighted by Crippen LogP contribution is 2.19. The smallest absolute Gasteiger partial charge is 0.396 e. The number of hydrogen-bond donors (Lipinski definition) is 2. The number of halogens is 3. The van der Waals surface area contributed by atoms with Gasteiger partial charge in [0.25, 0.3) is 0 Å². The number of alkyl halides is 3. The van der Waals surface area contributed by atoms with Crippen molar-refractivity contribution in [1.29, 1.82) is 0 Å². The van der Waals surface area contributed by atoms with Crippen LogP contribution in [0.3, 0.4) is 0 Å². The minimum Gasteiger partial charge on any atom is -0.477 e. The molecule has 0 saturated carbocycles. The monoisotopic (exact) mass is 194 g/mol. The van der Waals surface area contributed by atoms with E-state index in [1.807, 2.05) is 4.98 Å². The first-order valence-electron chi connectivity index (χ1n) is 3.22. The van der Waals surface area contributed by atoms with E-state index in [9.17, 15) is 18.0 Å². The highest BCUT2D eigenvalue weighted by Gasteiger charge is 2.29. The van der Waals surface area contributed by atoms with Gasteiger partial charge in [0.15, 0.2) is 0 Å². The Hall–Kier alpha value is -1.53. The molecule has 4 nitrogen and oxygen atoms in total. The number of rotatable bonds is 2. The second kappa shape index (κ2) is 3.08. The lowest BCUT2D eigenvalue weighted by atomic mass is 10.4. The second-order valence-corrected chi connectivity index (χ2v) is 2.34. The zero-order valence-electron chi connectivity index (χ0n) is 6.22. The fraction of sp³-hybridized carbons (Fsp3) is 0.333. The number of aromatic carboxylic acids is 1. The Kier molecular flexibility index (Phi) is 2.26. The summed E-state index contributed by atoms with van der Waals surface area (Å²) in [4.78, 5) is 15.5. The number of nitrogens with zero attached hydrogens (tertiary/aromatic N) is 1. The quantitative estimate of drug-likeness (QED) is 0.743. The van der Waals surface area contributed by atoms with Crippen molar-refractivity contribution >= 4 is 5.97 Å². The van der Waals surface area contributed by atoms with Crippen molar-refractivity contribution in [3.63, 3.8) is 0 Å². The van der Waals surface area contributed by atoms with E-state index >= 15 is 0 Å². The molecule has 1 aromatic heterocycles. The molecule has 0 aliphatic rings. The number of imidazole rings is 1. The van der Waals surface area contributed by atoms with Gasteiger partial charge in [0.05, 0.1) is 6.20 Å². The average Bonchev–Trinajstić information content (AvgIpc) is 2.31. The van der Waals surface area contributed by atoms with Crippen LogP contribution in [-0.4, -0.2) is 27.2 Å². The molecule has 0 aromatic carbocycles. The third-order valence-corrected chi connectivity index (χ3v) is 1.23. The molecule has 0 aliphatic carbocycles. The molecule has 0 unspecified atom stereocenters. The van der Waals surface area contributed by atoms with Crippen LogP contribution in [0, 0.1) is 0 Å². The van der Waals surface area contributed by atoms with Crippen LogP contribution in [0.4, 0.5) is 13.2 Å². The van der Waals surface area contributed by atoms with Crippen molar-refractivity contribution in [3.8, 4) is 0 Å². The van der Waals surface area contributed by atoms with Gasteiger partial charge in [-0.1, -0.05) is 0 Å². The Labute approximate surface area is 70.4 Å². The molecule has 0 radical (unpaired) electrons. The molecule has 1 heterocycles. The molecule has 0 fully saturated rings. The van der Waals surface area contributed by atoms with E-state index in [1.54, 1.807) is 0 Å². The Morgan fingerprint density at radius 1 is 1.62 bits per heavy atom. The second-order valence-electron chi connectivity index (χ2n) is 2.34. The minimum absolute atomic E-state index is 0.348. The van der Waals surface area contributed by atoms with Gasteiger partial charge in [0, 0.05) is 0 Å². The van der Waals surface area contributed by atoms with Crippen molar-refractivity contribution in [2.75, 3.05) is 0 Å². The number of H-pyrrole nitrogens is 1. The SMILES string of the molecule is O=C(O)c1cnc(CC(F)(F)F)[nH]1. The topological polar surface area (TPSA) is 66.0 Å². The van der Waals surface area contributed by atoms with Crippen molar-refractivity contribution in [1.82, 2.24) is 9.97 Å². The highest BCUT2D eigenvalue weighted by atomic mass is 19.4. The van der Waals surface area contributed by atoms with Gasteiger partial charge in [0.1, 0.15) is 17.9 Å². The van der Waals surface area contributed by atoms with E-state index < -0.39 is 24.4 Å². The Morgan fingerprint density at radius 3 is 2.62 bits per heavy atom. The van der Waals surface area contributed by atoms with E-state index in [0.717, 1.165) is 6.20 Å². The molecule has 0 amide bonds. The molecule has 1 rings (SSSR count). The molecule has 0 atom stereocenters. The highest BCUT2D eigenvalue weighted by molar-refractivity contribution is 5.84. The number of aromatic nitrogens is 2. The largest absolute Gasteiger partial charge is 0.477 e. The Morgan fingerprint density at radius 2 is 2.23 bits per heavy atom. The first kappa shape index (κ1) is 9.56. The van der Waals surface area contributed by atoms with Gasteiger partial charge in [-0.3, -0.25) is 0 Å². The average molecular weight is 194 g/mol. The molecular weight excluding hydrogens is 189 g/mol. The molecule has 13 heavy (non-hydrogen) atoms. The van der Waals surface area contributed by atoms with Crippen LogP contribution in [0.1, 0.15) is 16.3 Å². The zero-order valence-corrected chi connectivity index (χ0v) is 6.22. The third-order valence-electron chi connectivity index (χ3n) is 1.23. The van der Waals surface area contributed by atoms with Gasteiger partial charge < -0.3 is 10.1 Å². The van der Waals surface area contributed by atoms with E-state index in [0.29, 0.717) is 0 Å². The molecule has 7 heteroatoms. The van der Waals surface area contributed by atoms with E-state index in [-0.39, 0.29) is 5.69 Å². The lowest BCUT2D eigenvalue weighted by molar-refractivity contribution is -0.128. The van der Waals surface area contributed by atoms with Crippen molar-refractivity contribution in [3.05, 3.63) is 17.7 Å². The number of nitrogens with one attached hydrogen (secondary N) is 1. The van der Waals surface area contributed by atoms with Crippen LogP contribution in [0.25, 0.3) is 0 Å². The first-order chi connectivity index (χ1) is 5.88. The van der Waals surface area contributed by atoms with Crippen LogP contribution in [0.2, 0.25) is 0 Å². The fourth-order valence-corrected chi connectivity index (χ4v) is 0.751. The maximum Gasteiger partial charge on any atom is 0.396 e. The third kappa shape index (κ3) is 2.77. The molecule has 72 valence electrons. The number of aromatic amines is 1. The van der Waals surface area contributed by atoms with E-state index in [2.05, 4.69) is 4.98 Å². The van der Waals surface area contributed by atoms with E-state index in [1.165, 1.54) is 0 Å². The maximum atomic E-state index is 11.7. The zero-order chi connectivity index (χ0) is 10.1. The fourth-order valence-electron chi connectivity index (χ4n) is 0.751. The molecule has 0 saturated heterocycles. The van der Waals surface area contributed by atoms with Crippen LogP contribution in [0.15, 0.2) is 6.20 Å². The summed E-state index contributed by atoms with van der Waals surface area (Å²) in [5.74, 6) is -1.73. The summed E-state index contributed by atoms with van der Waals surface area (Å²) in [5, 5.41) is 8.34. The van der Waals surface area contributed by atoms with Crippen molar-refractivity contribution in [2.24, 2.45) is 0 Å². The number of carbonyl (C=O) groups is 1. The van der Waals surface area contributed by atoms with Crippen molar-refractivity contribution in [2.45, 2.75) is 12.6 Å². The standard InChI is InChI=1S/C6H5F3N2O2/c7-6(8,9)1-4-10-2-3(11-4)5(12)13/h2H,1H2,(H,10,11)(H,12,13). The van der Waals surface area contributed by atoms with Crippen LogP contribution < -0.4 is 0 Å². The van der Waals surface area contributed by atoms with Crippen LogP contribution >= 0.6 is 0 Å². The first-order valence-corrected chi connectivity index (χ1v) is 3.22. The van der Waals surface area contributed by atoms with Gasteiger partial charge in [0.2, 0.25) is 0 Å². The molecule has 2 N–H and O–H groups in total. The summed E-state index contributed by atoms with van der Waals surface area (Å²) in [7, 11) is 0. The Bertz CT molecular complexity index is 318. The summed E-state index contributed by atoms with van der Waals surface area (Å²) in [6.07, 6.45) is -4.78. The predicted octanol–water partition coefficient (Wildman–Crippen LogP) is 1.21. The van der Waals surface area contributed by atoms with Crippen molar-refractivity contribution < 1.29 is 23.1 Å². The van der Waals surface area contributed by atoms with Gasteiger partial charge in [-0.05, 0) is 0 Å². The lowest BCUT2D eigenvalue weighted by Gasteiger charge is -2.01. The summed E-state index contributed by atoms with van der Waals surface area (Å²) in [6, 6.07) is 0. The van der Waals surface area contributed by atoms with Crippen LogP contribution in [-0.2, 0) is 6.42 Å². The van der Waals surface area contributed by atoms with Gasteiger partial charge >= 0.3 is 12.1 Å².